The summed E-state index contributed by atoms with van der Waals surface area (Å²) in [5.74, 6) is 1.06. The van der Waals surface area contributed by atoms with Gasteiger partial charge in [-0.15, -0.1) is 0 Å². The van der Waals surface area contributed by atoms with Crippen molar-refractivity contribution in [3.8, 4) is 0 Å². The SMILES string of the molecule is CC1CCC(C)N(CC(C)C(O)c2ccccc2)C1. The normalized spacial score (nSPS) is 28.0. The van der Waals surface area contributed by atoms with Gasteiger partial charge in [0.25, 0.3) is 0 Å². The molecule has 1 heterocycles. The molecular formula is C17H27NO. The first kappa shape index (κ1) is 14.5. The zero-order valence-corrected chi connectivity index (χ0v) is 12.4. The summed E-state index contributed by atoms with van der Waals surface area (Å²) in [5.41, 5.74) is 1.03. The van der Waals surface area contributed by atoms with Crippen LogP contribution in [-0.2, 0) is 0 Å². The molecule has 0 radical (unpaired) electrons. The zero-order chi connectivity index (χ0) is 13.8. The van der Waals surface area contributed by atoms with Crippen molar-refractivity contribution in [3.05, 3.63) is 35.9 Å². The van der Waals surface area contributed by atoms with Gasteiger partial charge in [0.15, 0.2) is 0 Å². The highest BCUT2D eigenvalue weighted by Crippen LogP contribution is 2.27. The van der Waals surface area contributed by atoms with E-state index in [0.29, 0.717) is 6.04 Å². The predicted octanol–water partition coefficient (Wildman–Crippen LogP) is 3.48. The van der Waals surface area contributed by atoms with Crippen molar-refractivity contribution in [2.24, 2.45) is 11.8 Å². The van der Waals surface area contributed by atoms with Gasteiger partial charge in [0.1, 0.15) is 0 Å². The molecule has 1 aliphatic rings. The van der Waals surface area contributed by atoms with Crippen molar-refractivity contribution in [2.45, 2.75) is 45.8 Å². The van der Waals surface area contributed by atoms with E-state index in [1.54, 1.807) is 0 Å². The van der Waals surface area contributed by atoms with Crippen LogP contribution in [0.4, 0.5) is 0 Å². The Bertz CT molecular complexity index is 378. The highest BCUT2D eigenvalue weighted by molar-refractivity contribution is 5.17. The molecule has 19 heavy (non-hydrogen) atoms. The maximum atomic E-state index is 10.4. The molecule has 2 heteroatoms. The van der Waals surface area contributed by atoms with Gasteiger partial charge in [-0.3, -0.25) is 0 Å². The summed E-state index contributed by atoms with van der Waals surface area (Å²) in [5, 5.41) is 10.4. The fourth-order valence-corrected chi connectivity index (χ4v) is 3.08. The minimum absolute atomic E-state index is 0.273. The number of rotatable bonds is 4. The third-order valence-corrected chi connectivity index (χ3v) is 4.45. The number of benzene rings is 1. The number of hydrogen-bond acceptors (Lipinski definition) is 2. The van der Waals surface area contributed by atoms with Crippen LogP contribution in [0.5, 0.6) is 0 Å². The molecule has 0 aliphatic carbocycles. The molecule has 2 rings (SSSR count). The van der Waals surface area contributed by atoms with Crippen LogP contribution >= 0.6 is 0 Å². The first-order valence-corrected chi connectivity index (χ1v) is 7.55. The summed E-state index contributed by atoms with van der Waals surface area (Å²) in [6, 6.07) is 10.7. The van der Waals surface area contributed by atoms with E-state index in [1.807, 2.05) is 30.3 Å². The third-order valence-electron chi connectivity index (χ3n) is 4.45. The predicted molar refractivity (Wildman–Crippen MR) is 80.0 cm³/mol. The largest absolute Gasteiger partial charge is 0.388 e. The second-order valence-electron chi connectivity index (χ2n) is 6.32. The quantitative estimate of drug-likeness (QED) is 0.897. The lowest BCUT2D eigenvalue weighted by Gasteiger charge is -2.39. The lowest BCUT2D eigenvalue weighted by atomic mass is 9.91. The molecule has 1 N–H and O–H groups in total. The van der Waals surface area contributed by atoms with E-state index in [-0.39, 0.29) is 12.0 Å². The van der Waals surface area contributed by atoms with Crippen molar-refractivity contribution < 1.29 is 5.11 Å². The van der Waals surface area contributed by atoms with Crippen LogP contribution < -0.4 is 0 Å². The summed E-state index contributed by atoms with van der Waals surface area (Å²) in [6.45, 7) is 8.96. The average Bonchev–Trinajstić information content (AvgIpc) is 2.43. The van der Waals surface area contributed by atoms with Gasteiger partial charge >= 0.3 is 0 Å². The number of aliphatic hydroxyl groups excluding tert-OH is 1. The molecule has 4 unspecified atom stereocenters. The third kappa shape index (κ3) is 3.80. The molecule has 1 aromatic carbocycles. The maximum absolute atomic E-state index is 10.4. The molecule has 1 aliphatic heterocycles. The Balaban J connectivity index is 1.94. The van der Waals surface area contributed by atoms with E-state index in [2.05, 4.69) is 25.7 Å². The number of hydrogen-bond donors (Lipinski definition) is 1. The van der Waals surface area contributed by atoms with Crippen molar-refractivity contribution in [3.63, 3.8) is 0 Å². The van der Waals surface area contributed by atoms with Crippen LogP contribution in [0, 0.1) is 11.8 Å². The number of likely N-dealkylation sites (tertiary alicyclic amines) is 1. The Labute approximate surface area is 117 Å². The molecule has 106 valence electrons. The Kier molecular flexibility index (Phi) is 5.00. The van der Waals surface area contributed by atoms with Crippen molar-refractivity contribution in [2.75, 3.05) is 13.1 Å². The fourth-order valence-electron chi connectivity index (χ4n) is 3.08. The van der Waals surface area contributed by atoms with Crippen LogP contribution in [0.2, 0.25) is 0 Å². The van der Waals surface area contributed by atoms with Crippen LogP contribution in [-0.4, -0.2) is 29.1 Å². The molecule has 0 aromatic heterocycles. The average molecular weight is 261 g/mol. The smallest absolute Gasteiger partial charge is 0.0827 e. The Morgan fingerprint density at radius 1 is 1.21 bits per heavy atom. The number of nitrogens with zero attached hydrogens (tertiary/aromatic N) is 1. The molecular weight excluding hydrogens is 234 g/mol. The Hall–Kier alpha value is -0.860. The molecule has 2 nitrogen and oxygen atoms in total. The van der Waals surface area contributed by atoms with Crippen LogP contribution in [0.1, 0.15) is 45.3 Å². The number of piperidine rings is 1. The van der Waals surface area contributed by atoms with Crippen LogP contribution in [0.25, 0.3) is 0 Å². The second kappa shape index (κ2) is 6.53. The van der Waals surface area contributed by atoms with Gasteiger partial charge in [0, 0.05) is 19.1 Å². The topological polar surface area (TPSA) is 23.5 Å². The summed E-state index contributed by atoms with van der Waals surface area (Å²) in [7, 11) is 0. The van der Waals surface area contributed by atoms with E-state index in [0.717, 1.165) is 18.0 Å². The van der Waals surface area contributed by atoms with E-state index in [9.17, 15) is 5.11 Å². The molecule has 0 spiro atoms. The molecule has 0 amide bonds. The van der Waals surface area contributed by atoms with Crippen molar-refractivity contribution >= 4 is 0 Å². The molecule has 1 saturated heterocycles. The molecule has 1 aromatic rings. The Morgan fingerprint density at radius 2 is 1.89 bits per heavy atom. The first-order chi connectivity index (χ1) is 9.08. The van der Waals surface area contributed by atoms with Gasteiger partial charge in [-0.2, -0.15) is 0 Å². The van der Waals surface area contributed by atoms with Gasteiger partial charge in [-0.1, -0.05) is 44.2 Å². The summed E-state index contributed by atoms with van der Waals surface area (Å²) in [4.78, 5) is 2.55. The van der Waals surface area contributed by atoms with Gasteiger partial charge < -0.3 is 10.0 Å². The maximum Gasteiger partial charge on any atom is 0.0827 e. The summed E-state index contributed by atoms with van der Waals surface area (Å²) in [6.07, 6.45) is 2.27. The van der Waals surface area contributed by atoms with E-state index in [1.165, 1.54) is 19.4 Å². The Morgan fingerprint density at radius 3 is 2.58 bits per heavy atom. The highest BCUT2D eigenvalue weighted by Gasteiger charge is 2.26. The standard InChI is InChI=1S/C17H27NO/c1-13-9-10-15(3)18(11-13)12-14(2)17(19)16-7-5-4-6-8-16/h4-8,13-15,17,19H,9-12H2,1-3H3. The van der Waals surface area contributed by atoms with Gasteiger partial charge in [0.2, 0.25) is 0 Å². The van der Waals surface area contributed by atoms with Crippen molar-refractivity contribution in [1.82, 2.24) is 4.90 Å². The van der Waals surface area contributed by atoms with E-state index >= 15 is 0 Å². The van der Waals surface area contributed by atoms with Gasteiger partial charge in [0.05, 0.1) is 6.10 Å². The van der Waals surface area contributed by atoms with Gasteiger partial charge in [-0.25, -0.2) is 0 Å². The minimum atomic E-state index is -0.356. The second-order valence-corrected chi connectivity index (χ2v) is 6.32. The molecule has 0 saturated carbocycles. The van der Waals surface area contributed by atoms with Crippen LogP contribution in [0.15, 0.2) is 30.3 Å². The molecule has 4 atom stereocenters. The van der Waals surface area contributed by atoms with Crippen LogP contribution in [0.3, 0.4) is 0 Å². The molecule has 1 fully saturated rings. The lowest BCUT2D eigenvalue weighted by Crippen LogP contribution is -2.44. The lowest BCUT2D eigenvalue weighted by molar-refractivity contribution is 0.0522. The van der Waals surface area contributed by atoms with Crippen molar-refractivity contribution in [1.29, 1.82) is 0 Å². The minimum Gasteiger partial charge on any atom is -0.388 e. The fraction of sp³-hybridized carbons (Fsp3) is 0.647. The van der Waals surface area contributed by atoms with Gasteiger partial charge in [-0.05, 0) is 37.2 Å². The summed E-state index contributed by atoms with van der Waals surface area (Å²) >= 11 is 0. The summed E-state index contributed by atoms with van der Waals surface area (Å²) < 4.78 is 0. The number of aliphatic hydroxyl groups is 1. The first-order valence-electron chi connectivity index (χ1n) is 7.55. The monoisotopic (exact) mass is 261 g/mol. The highest BCUT2D eigenvalue weighted by atomic mass is 16.3. The van der Waals surface area contributed by atoms with E-state index in [4.69, 9.17) is 0 Å². The zero-order valence-electron chi connectivity index (χ0n) is 12.4. The molecule has 0 bridgehead atoms. The van der Waals surface area contributed by atoms with E-state index < -0.39 is 0 Å².